The summed E-state index contributed by atoms with van der Waals surface area (Å²) in [6, 6.07) is 13.2. The molecule has 176 valence electrons. The molecule has 1 aliphatic carbocycles. The van der Waals surface area contributed by atoms with Gasteiger partial charge in [-0.15, -0.1) is 0 Å². The molecular formula is C27H33NO5. The van der Waals surface area contributed by atoms with E-state index in [1.54, 1.807) is 33.5 Å². The van der Waals surface area contributed by atoms with Gasteiger partial charge in [-0.3, -0.25) is 4.79 Å². The third-order valence-electron chi connectivity index (χ3n) is 7.13. The molecule has 0 spiro atoms. The van der Waals surface area contributed by atoms with Crippen molar-refractivity contribution in [2.45, 2.75) is 43.7 Å². The molecule has 0 aromatic heterocycles. The van der Waals surface area contributed by atoms with Crippen LogP contribution in [0.15, 0.2) is 48.5 Å². The van der Waals surface area contributed by atoms with E-state index < -0.39 is 5.60 Å². The lowest BCUT2D eigenvalue weighted by Crippen LogP contribution is -2.56. The molecule has 1 saturated heterocycles. The van der Waals surface area contributed by atoms with Crippen LogP contribution in [0.25, 0.3) is 6.08 Å². The second-order valence-corrected chi connectivity index (χ2v) is 8.87. The van der Waals surface area contributed by atoms with Crippen molar-refractivity contribution in [2.24, 2.45) is 5.92 Å². The molecule has 3 atom stereocenters. The molecule has 2 unspecified atom stereocenters. The Morgan fingerprint density at radius 1 is 1.00 bits per heavy atom. The van der Waals surface area contributed by atoms with Gasteiger partial charge in [0, 0.05) is 24.1 Å². The van der Waals surface area contributed by atoms with Crippen molar-refractivity contribution in [3.8, 4) is 17.2 Å². The Kier molecular flexibility index (Phi) is 6.94. The molecule has 1 N–H and O–H groups in total. The van der Waals surface area contributed by atoms with Crippen LogP contribution in [0.2, 0.25) is 0 Å². The number of methoxy groups -OCH3 is 3. The van der Waals surface area contributed by atoms with E-state index in [-0.39, 0.29) is 17.9 Å². The zero-order valence-electron chi connectivity index (χ0n) is 19.6. The first-order valence-corrected chi connectivity index (χ1v) is 11.6. The van der Waals surface area contributed by atoms with Gasteiger partial charge in [0.05, 0.1) is 33.0 Å². The Morgan fingerprint density at radius 3 is 2.52 bits per heavy atom. The van der Waals surface area contributed by atoms with Gasteiger partial charge < -0.3 is 24.2 Å². The summed E-state index contributed by atoms with van der Waals surface area (Å²) >= 11 is 0. The fourth-order valence-corrected chi connectivity index (χ4v) is 5.44. The van der Waals surface area contributed by atoms with E-state index in [1.165, 1.54) is 0 Å². The summed E-state index contributed by atoms with van der Waals surface area (Å²) in [5.74, 6) is 1.91. The predicted molar refractivity (Wildman–Crippen MR) is 128 cm³/mol. The lowest BCUT2D eigenvalue weighted by molar-refractivity contribution is -0.151. The summed E-state index contributed by atoms with van der Waals surface area (Å²) in [6.07, 6.45) is 7.76. The van der Waals surface area contributed by atoms with Crippen molar-refractivity contribution in [1.82, 2.24) is 4.90 Å². The molecule has 6 heteroatoms. The number of likely N-dealkylation sites (tertiary alicyclic amines) is 1. The van der Waals surface area contributed by atoms with Gasteiger partial charge in [-0.2, -0.15) is 0 Å². The normalized spacial score (nSPS) is 24.9. The molecule has 2 aliphatic rings. The number of benzene rings is 2. The molecule has 1 saturated carbocycles. The van der Waals surface area contributed by atoms with Gasteiger partial charge in [-0.05, 0) is 49.1 Å². The van der Waals surface area contributed by atoms with Crippen LogP contribution in [-0.4, -0.2) is 49.4 Å². The molecule has 1 amide bonds. The van der Waals surface area contributed by atoms with E-state index >= 15 is 0 Å². The van der Waals surface area contributed by atoms with E-state index in [2.05, 4.69) is 0 Å². The van der Waals surface area contributed by atoms with Crippen molar-refractivity contribution in [3.05, 3.63) is 59.7 Å². The quantitative estimate of drug-likeness (QED) is 0.649. The molecule has 6 nitrogen and oxygen atoms in total. The highest BCUT2D eigenvalue weighted by molar-refractivity contribution is 5.92. The standard InChI is InChI=1S/C27H33NO5/c1-31-22-10-5-4-8-20(22)26-21-9-6-7-15-27(21,30)16-17-28(26)25(29)14-12-19-11-13-23(32-2)24(18-19)33-3/h4-5,8,10-14,18,21,26,30H,6-7,9,15-17H2,1-3H3/t21?,26-,27?/m0/s1. The van der Waals surface area contributed by atoms with Crippen molar-refractivity contribution in [2.75, 3.05) is 27.9 Å². The van der Waals surface area contributed by atoms with Crippen LogP contribution in [-0.2, 0) is 4.79 Å². The first kappa shape index (κ1) is 23.2. The van der Waals surface area contributed by atoms with Crippen LogP contribution in [0.3, 0.4) is 0 Å². The number of carbonyl (C=O) groups is 1. The van der Waals surface area contributed by atoms with Crippen LogP contribution in [0.1, 0.15) is 49.3 Å². The third-order valence-corrected chi connectivity index (χ3v) is 7.13. The highest BCUT2D eigenvalue weighted by Gasteiger charge is 2.50. The van der Waals surface area contributed by atoms with Crippen molar-refractivity contribution in [1.29, 1.82) is 0 Å². The summed E-state index contributed by atoms with van der Waals surface area (Å²) < 4.78 is 16.3. The molecular weight excluding hydrogens is 418 g/mol. The predicted octanol–water partition coefficient (Wildman–Crippen LogP) is 4.62. The monoisotopic (exact) mass is 451 g/mol. The topological polar surface area (TPSA) is 68.2 Å². The number of aliphatic hydroxyl groups is 1. The summed E-state index contributed by atoms with van der Waals surface area (Å²) in [5.41, 5.74) is 1.06. The second-order valence-electron chi connectivity index (χ2n) is 8.87. The van der Waals surface area contributed by atoms with Crippen LogP contribution in [0.4, 0.5) is 0 Å². The van der Waals surface area contributed by atoms with Gasteiger partial charge in [0.15, 0.2) is 11.5 Å². The first-order chi connectivity index (χ1) is 16.0. The molecule has 0 radical (unpaired) electrons. The van der Waals surface area contributed by atoms with Crippen molar-refractivity contribution >= 4 is 12.0 Å². The SMILES string of the molecule is COc1ccc(C=CC(=O)N2CCC3(O)CCCCC3[C@@H]2c2ccccc2OC)cc1OC. The summed E-state index contributed by atoms with van der Waals surface area (Å²) in [5, 5.41) is 11.5. The van der Waals surface area contributed by atoms with E-state index in [9.17, 15) is 9.90 Å². The van der Waals surface area contributed by atoms with Crippen molar-refractivity contribution in [3.63, 3.8) is 0 Å². The number of amides is 1. The summed E-state index contributed by atoms with van der Waals surface area (Å²) in [7, 11) is 4.84. The van der Waals surface area contributed by atoms with Gasteiger partial charge in [-0.25, -0.2) is 0 Å². The summed E-state index contributed by atoms with van der Waals surface area (Å²) in [4.78, 5) is 15.4. The largest absolute Gasteiger partial charge is 0.496 e. The van der Waals surface area contributed by atoms with Gasteiger partial charge in [0.25, 0.3) is 0 Å². The minimum absolute atomic E-state index is 0.0188. The third kappa shape index (κ3) is 4.58. The number of piperidine rings is 1. The maximum atomic E-state index is 13.5. The number of carbonyl (C=O) groups excluding carboxylic acids is 1. The van der Waals surface area contributed by atoms with Crippen molar-refractivity contribution < 1.29 is 24.1 Å². The Balaban J connectivity index is 1.66. The second kappa shape index (κ2) is 9.87. The number of hydrogen-bond acceptors (Lipinski definition) is 5. The van der Waals surface area contributed by atoms with Gasteiger partial charge in [0.2, 0.25) is 5.91 Å². The lowest BCUT2D eigenvalue weighted by Gasteiger charge is -2.52. The maximum Gasteiger partial charge on any atom is 0.247 e. The molecule has 4 rings (SSSR count). The molecule has 1 heterocycles. The van der Waals surface area contributed by atoms with E-state index in [0.717, 1.165) is 42.6 Å². The highest BCUT2D eigenvalue weighted by atomic mass is 16.5. The zero-order valence-corrected chi connectivity index (χ0v) is 19.6. The minimum atomic E-state index is -0.742. The first-order valence-electron chi connectivity index (χ1n) is 11.6. The Hall–Kier alpha value is -2.99. The smallest absolute Gasteiger partial charge is 0.247 e. The Labute approximate surface area is 195 Å². The van der Waals surface area contributed by atoms with Crippen LogP contribution in [0.5, 0.6) is 17.2 Å². The van der Waals surface area contributed by atoms with Gasteiger partial charge in [-0.1, -0.05) is 37.1 Å². The average Bonchev–Trinajstić information content (AvgIpc) is 2.86. The Bertz CT molecular complexity index is 1020. The number of fused-ring (bicyclic) bond motifs is 1. The number of hydrogen-bond donors (Lipinski definition) is 1. The van der Waals surface area contributed by atoms with Gasteiger partial charge >= 0.3 is 0 Å². The number of nitrogens with zero attached hydrogens (tertiary/aromatic N) is 1. The van der Waals surface area contributed by atoms with E-state index in [0.29, 0.717) is 24.5 Å². The minimum Gasteiger partial charge on any atom is -0.496 e. The molecule has 2 aromatic rings. The van der Waals surface area contributed by atoms with Crippen LogP contribution >= 0.6 is 0 Å². The number of para-hydroxylation sites is 1. The number of rotatable bonds is 6. The van der Waals surface area contributed by atoms with E-state index in [4.69, 9.17) is 14.2 Å². The zero-order chi connectivity index (χ0) is 23.4. The maximum absolute atomic E-state index is 13.5. The fourth-order valence-electron chi connectivity index (χ4n) is 5.44. The highest BCUT2D eigenvalue weighted by Crippen LogP contribution is 2.50. The molecule has 33 heavy (non-hydrogen) atoms. The molecule has 2 aromatic carbocycles. The Morgan fingerprint density at radius 2 is 1.76 bits per heavy atom. The average molecular weight is 452 g/mol. The summed E-state index contributed by atoms with van der Waals surface area (Å²) in [6.45, 7) is 0.505. The lowest BCUT2D eigenvalue weighted by atomic mass is 9.66. The van der Waals surface area contributed by atoms with E-state index in [1.807, 2.05) is 47.4 Å². The fraction of sp³-hybridized carbons (Fsp3) is 0.444. The molecule has 2 fully saturated rings. The van der Waals surface area contributed by atoms with Crippen LogP contribution in [0, 0.1) is 5.92 Å². The van der Waals surface area contributed by atoms with Crippen LogP contribution < -0.4 is 14.2 Å². The molecule has 0 bridgehead atoms. The van der Waals surface area contributed by atoms with Gasteiger partial charge in [0.1, 0.15) is 5.75 Å². The number of ether oxygens (including phenoxy) is 3. The molecule has 1 aliphatic heterocycles.